The SMILES string of the molecule is CC(C)CC(=O)Nc1ccc2c(c1)N(CCOc1ccc(Cl)cc1)C(=O)CO2. The summed E-state index contributed by atoms with van der Waals surface area (Å²) in [5.41, 5.74) is 1.25. The Morgan fingerprint density at radius 1 is 1.25 bits per heavy atom. The number of hydrogen-bond donors (Lipinski definition) is 1. The number of rotatable bonds is 7. The molecule has 7 heteroatoms. The van der Waals surface area contributed by atoms with Crippen molar-refractivity contribution < 1.29 is 19.1 Å². The predicted molar refractivity (Wildman–Crippen MR) is 109 cm³/mol. The topological polar surface area (TPSA) is 67.9 Å². The average molecular weight is 403 g/mol. The van der Waals surface area contributed by atoms with Crippen LogP contribution in [0.2, 0.25) is 5.02 Å². The summed E-state index contributed by atoms with van der Waals surface area (Å²) in [4.78, 5) is 26.0. The third kappa shape index (κ3) is 5.16. The molecule has 1 N–H and O–H groups in total. The molecular weight excluding hydrogens is 380 g/mol. The van der Waals surface area contributed by atoms with Crippen LogP contribution >= 0.6 is 11.6 Å². The fraction of sp³-hybridized carbons (Fsp3) is 0.333. The van der Waals surface area contributed by atoms with Gasteiger partial charge >= 0.3 is 0 Å². The average Bonchev–Trinajstić information content (AvgIpc) is 2.64. The Kier molecular flexibility index (Phi) is 6.41. The van der Waals surface area contributed by atoms with E-state index in [1.54, 1.807) is 47.4 Å². The van der Waals surface area contributed by atoms with Gasteiger partial charge in [0.15, 0.2) is 6.61 Å². The molecule has 0 atom stereocenters. The van der Waals surface area contributed by atoms with Crippen molar-refractivity contribution in [3.8, 4) is 11.5 Å². The molecule has 1 aliphatic heterocycles. The normalized spacial score (nSPS) is 13.1. The molecule has 148 valence electrons. The number of carbonyl (C=O) groups is 2. The summed E-state index contributed by atoms with van der Waals surface area (Å²) in [5.74, 6) is 1.34. The zero-order chi connectivity index (χ0) is 20.1. The Bertz CT molecular complexity index is 852. The van der Waals surface area contributed by atoms with Gasteiger partial charge in [-0.05, 0) is 48.4 Å². The maximum atomic E-state index is 12.4. The molecule has 0 saturated heterocycles. The predicted octanol–water partition coefficient (Wildman–Crippen LogP) is 4.13. The van der Waals surface area contributed by atoms with E-state index in [1.807, 2.05) is 13.8 Å². The van der Waals surface area contributed by atoms with Crippen molar-refractivity contribution in [1.82, 2.24) is 0 Å². The molecule has 0 bridgehead atoms. The maximum absolute atomic E-state index is 12.4. The van der Waals surface area contributed by atoms with E-state index < -0.39 is 0 Å². The number of amides is 2. The molecule has 6 nitrogen and oxygen atoms in total. The first-order chi connectivity index (χ1) is 13.4. The Morgan fingerprint density at radius 2 is 2.00 bits per heavy atom. The number of hydrogen-bond acceptors (Lipinski definition) is 4. The number of fused-ring (bicyclic) bond motifs is 1. The van der Waals surface area contributed by atoms with E-state index in [-0.39, 0.29) is 24.3 Å². The standard InChI is InChI=1S/C21H23ClN2O4/c1-14(2)11-20(25)23-16-5-8-19-18(12-16)24(21(26)13-28-19)9-10-27-17-6-3-15(22)4-7-17/h3-8,12,14H,9-11,13H2,1-2H3,(H,23,25). The van der Waals surface area contributed by atoms with Gasteiger partial charge in [0.2, 0.25) is 5.91 Å². The largest absolute Gasteiger partial charge is 0.492 e. The second kappa shape index (κ2) is 8.97. The Hall–Kier alpha value is -2.73. The summed E-state index contributed by atoms with van der Waals surface area (Å²) in [6.07, 6.45) is 0.436. The summed E-state index contributed by atoms with van der Waals surface area (Å²) in [7, 11) is 0. The fourth-order valence-electron chi connectivity index (χ4n) is 2.89. The van der Waals surface area contributed by atoms with Crippen molar-refractivity contribution in [2.45, 2.75) is 20.3 Å². The molecule has 2 aromatic rings. The van der Waals surface area contributed by atoms with Gasteiger partial charge in [-0.1, -0.05) is 25.4 Å². The second-order valence-corrected chi connectivity index (χ2v) is 7.40. The summed E-state index contributed by atoms with van der Waals surface area (Å²) < 4.78 is 11.2. The zero-order valence-corrected chi connectivity index (χ0v) is 16.7. The molecule has 0 radical (unpaired) electrons. The summed E-state index contributed by atoms with van der Waals surface area (Å²) in [6, 6.07) is 12.3. The molecule has 0 aliphatic carbocycles. The highest BCUT2D eigenvalue weighted by Crippen LogP contribution is 2.34. The van der Waals surface area contributed by atoms with Gasteiger partial charge in [-0.25, -0.2) is 0 Å². The van der Waals surface area contributed by atoms with Crippen LogP contribution < -0.4 is 19.7 Å². The number of nitrogens with one attached hydrogen (secondary N) is 1. The molecule has 0 fully saturated rings. The van der Waals surface area contributed by atoms with Gasteiger partial charge in [0.25, 0.3) is 5.91 Å². The molecule has 0 spiro atoms. The van der Waals surface area contributed by atoms with Crippen molar-refractivity contribution >= 4 is 34.8 Å². The first-order valence-electron chi connectivity index (χ1n) is 9.18. The van der Waals surface area contributed by atoms with Crippen LogP contribution in [0.1, 0.15) is 20.3 Å². The minimum absolute atomic E-state index is 0.0208. The molecule has 2 aromatic carbocycles. The number of carbonyl (C=O) groups excluding carboxylic acids is 2. The van der Waals surface area contributed by atoms with Crippen molar-refractivity contribution in [3.05, 3.63) is 47.5 Å². The lowest BCUT2D eigenvalue weighted by Crippen LogP contribution is -2.41. The molecule has 3 rings (SSSR count). The van der Waals surface area contributed by atoms with E-state index in [9.17, 15) is 9.59 Å². The Morgan fingerprint density at radius 3 is 2.71 bits per heavy atom. The molecule has 0 aromatic heterocycles. The third-order valence-electron chi connectivity index (χ3n) is 4.18. The van der Waals surface area contributed by atoms with E-state index in [0.717, 1.165) is 0 Å². The smallest absolute Gasteiger partial charge is 0.265 e. The van der Waals surface area contributed by atoms with Gasteiger partial charge in [-0.2, -0.15) is 0 Å². The number of ether oxygens (including phenoxy) is 2. The lowest BCUT2D eigenvalue weighted by atomic mass is 10.1. The number of nitrogens with zero attached hydrogens (tertiary/aromatic N) is 1. The van der Waals surface area contributed by atoms with Gasteiger partial charge in [0, 0.05) is 17.1 Å². The molecular formula is C21H23ClN2O4. The first-order valence-corrected chi connectivity index (χ1v) is 9.55. The highest BCUT2D eigenvalue weighted by molar-refractivity contribution is 6.30. The van der Waals surface area contributed by atoms with Crippen LogP contribution in [0, 0.1) is 5.92 Å². The minimum atomic E-state index is -0.155. The van der Waals surface area contributed by atoms with Crippen molar-refractivity contribution in [1.29, 1.82) is 0 Å². The van der Waals surface area contributed by atoms with Crippen LogP contribution in [0.4, 0.5) is 11.4 Å². The van der Waals surface area contributed by atoms with Crippen LogP contribution in [0.25, 0.3) is 0 Å². The number of benzene rings is 2. The number of halogens is 1. The minimum Gasteiger partial charge on any atom is -0.492 e. The van der Waals surface area contributed by atoms with Crippen molar-refractivity contribution in [3.63, 3.8) is 0 Å². The molecule has 2 amide bonds. The van der Waals surface area contributed by atoms with Gasteiger partial charge in [0.05, 0.1) is 12.2 Å². The monoisotopic (exact) mass is 402 g/mol. The van der Waals surface area contributed by atoms with Crippen LogP contribution in [0.5, 0.6) is 11.5 Å². The lowest BCUT2D eigenvalue weighted by molar-refractivity contribution is -0.121. The zero-order valence-electron chi connectivity index (χ0n) is 15.9. The highest BCUT2D eigenvalue weighted by Gasteiger charge is 2.26. The Labute approximate surface area is 169 Å². The first kappa shape index (κ1) is 20.0. The van der Waals surface area contributed by atoms with E-state index in [0.29, 0.717) is 47.5 Å². The maximum Gasteiger partial charge on any atom is 0.265 e. The molecule has 1 aliphatic rings. The fourth-order valence-corrected chi connectivity index (χ4v) is 3.02. The van der Waals surface area contributed by atoms with E-state index in [2.05, 4.69) is 5.32 Å². The van der Waals surface area contributed by atoms with E-state index in [1.165, 1.54) is 0 Å². The van der Waals surface area contributed by atoms with Gasteiger partial charge in [-0.15, -0.1) is 0 Å². The second-order valence-electron chi connectivity index (χ2n) is 6.97. The van der Waals surface area contributed by atoms with E-state index in [4.69, 9.17) is 21.1 Å². The van der Waals surface area contributed by atoms with Crippen LogP contribution in [0.3, 0.4) is 0 Å². The molecule has 1 heterocycles. The summed E-state index contributed by atoms with van der Waals surface area (Å²) in [5, 5.41) is 3.51. The summed E-state index contributed by atoms with van der Waals surface area (Å²) in [6.45, 7) is 4.63. The van der Waals surface area contributed by atoms with Crippen molar-refractivity contribution in [2.24, 2.45) is 5.92 Å². The third-order valence-corrected chi connectivity index (χ3v) is 4.43. The van der Waals surface area contributed by atoms with Gasteiger partial charge in [0.1, 0.15) is 18.1 Å². The molecule has 0 saturated carbocycles. The molecule has 28 heavy (non-hydrogen) atoms. The van der Waals surface area contributed by atoms with Gasteiger partial charge in [-0.3, -0.25) is 9.59 Å². The Balaban J connectivity index is 1.68. The van der Waals surface area contributed by atoms with E-state index >= 15 is 0 Å². The van der Waals surface area contributed by atoms with Crippen LogP contribution in [0.15, 0.2) is 42.5 Å². The van der Waals surface area contributed by atoms with Crippen LogP contribution in [-0.4, -0.2) is 31.6 Å². The quantitative estimate of drug-likeness (QED) is 0.756. The van der Waals surface area contributed by atoms with Gasteiger partial charge < -0.3 is 19.7 Å². The lowest BCUT2D eigenvalue weighted by Gasteiger charge is -2.29. The van der Waals surface area contributed by atoms with Crippen molar-refractivity contribution in [2.75, 3.05) is 30.0 Å². The molecule has 0 unspecified atom stereocenters. The van der Waals surface area contributed by atoms with Crippen LogP contribution in [-0.2, 0) is 9.59 Å². The summed E-state index contributed by atoms with van der Waals surface area (Å²) >= 11 is 5.87. The number of anilines is 2. The highest BCUT2D eigenvalue weighted by atomic mass is 35.5.